The summed E-state index contributed by atoms with van der Waals surface area (Å²) in [4.78, 5) is 8.86. The number of nitrogens with one attached hydrogen (secondary N) is 2. The van der Waals surface area contributed by atoms with E-state index in [0.29, 0.717) is 13.1 Å². The minimum Gasteiger partial charge on any atom is -0.356 e. The molecule has 24 heavy (non-hydrogen) atoms. The second kappa shape index (κ2) is 8.24. The lowest BCUT2D eigenvalue weighted by Gasteiger charge is -2.14. The average molecular weight is 348 g/mol. The van der Waals surface area contributed by atoms with Crippen molar-refractivity contribution in [3.8, 4) is 0 Å². The largest absolute Gasteiger partial charge is 0.356 e. The Morgan fingerprint density at radius 2 is 2.08 bits per heavy atom. The summed E-state index contributed by atoms with van der Waals surface area (Å²) in [5.41, 5.74) is 2.05. The predicted octanol–water partition coefficient (Wildman–Crippen LogP) is 3.49. The van der Waals surface area contributed by atoms with Crippen LogP contribution < -0.4 is 10.6 Å². The van der Waals surface area contributed by atoms with Crippen molar-refractivity contribution in [1.29, 1.82) is 0 Å². The first kappa shape index (κ1) is 18.4. The molecule has 2 N–H and O–H groups in total. The molecule has 0 fully saturated rings. The number of aromatic nitrogens is 1. The number of rotatable bonds is 5. The second-order valence-electron chi connectivity index (χ2n) is 6.63. The Hall–Kier alpha value is -1.95. The molecule has 0 atom stereocenters. The zero-order chi connectivity index (χ0) is 17.6. The van der Waals surface area contributed by atoms with Gasteiger partial charge in [0, 0.05) is 24.4 Å². The highest BCUT2D eigenvalue weighted by Crippen LogP contribution is 2.25. The van der Waals surface area contributed by atoms with Gasteiger partial charge in [0.05, 0.1) is 17.2 Å². The van der Waals surface area contributed by atoms with Crippen LogP contribution in [0, 0.1) is 5.82 Å². The van der Waals surface area contributed by atoms with Gasteiger partial charge in [-0.3, -0.25) is 4.99 Å². The van der Waals surface area contributed by atoms with Crippen molar-refractivity contribution in [2.45, 2.75) is 39.2 Å². The lowest BCUT2D eigenvalue weighted by molar-refractivity contribution is 0.582. The lowest BCUT2D eigenvalue weighted by Crippen LogP contribution is -2.38. The number of thiazole rings is 1. The van der Waals surface area contributed by atoms with Crippen molar-refractivity contribution >= 4 is 17.3 Å². The van der Waals surface area contributed by atoms with E-state index in [-0.39, 0.29) is 11.2 Å². The molecule has 0 amide bonds. The third-order valence-electron chi connectivity index (χ3n) is 3.45. The maximum atomic E-state index is 13.2. The van der Waals surface area contributed by atoms with Crippen molar-refractivity contribution < 1.29 is 4.39 Å². The molecule has 2 aromatic rings. The van der Waals surface area contributed by atoms with Gasteiger partial charge in [-0.05, 0) is 24.1 Å². The highest BCUT2D eigenvalue weighted by Gasteiger charge is 2.17. The Balaban J connectivity index is 1.79. The van der Waals surface area contributed by atoms with Crippen molar-refractivity contribution in [2.24, 2.45) is 4.99 Å². The SMILES string of the molecule is CN=C(NCCc1cccc(F)c1)NCc1csc(C(C)(C)C)n1. The Bertz CT molecular complexity index is 688. The Morgan fingerprint density at radius 3 is 2.71 bits per heavy atom. The molecule has 1 aromatic carbocycles. The molecular weight excluding hydrogens is 323 g/mol. The summed E-state index contributed by atoms with van der Waals surface area (Å²) < 4.78 is 13.2. The van der Waals surface area contributed by atoms with Crippen LogP contribution in [0.3, 0.4) is 0 Å². The molecule has 0 spiro atoms. The van der Waals surface area contributed by atoms with E-state index in [1.165, 1.54) is 6.07 Å². The first-order valence-electron chi connectivity index (χ1n) is 8.02. The molecule has 0 bridgehead atoms. The van der Waals surface area contributed by atoms with Crippen LogP contribution in [0.25, 0.3) is 0 Å². The fourth-order valence-corrected chi connectivity index (χ4v) is 3.05. The van der Waals surface area contributed by atoms with Gasteiger partial charge in [-0.25, -0.2) is 9.37 Å². The van der Waals surface area contributed by atoms with E-state index < -0.39 is 0 Å². The van der Waals surface area contributed by atoms with Gasteiger partial charge in [0.15, 0.2) is 5.96 Å². The van der Waals surface area contributed by atoms with E-state index in [4.69, 9.17) is 0 Å². The van der Waals surface area contributed by atoms with Crippen molar-refractivity contribution in [1.82, 2.24) is 15.6 Å². The number of guanidine groups is 1. The van der Waals surface area contributed by atoms with Gasteiger partial charge in [0.25, 0.3) is 0 Å². The summed E-state index contributed by atoms with van der Waals surface area (Å²) in [6.45, 7) is 7.81. The first-order valence-corrected chi connectivity index (χ1v) is 8.90. The van der Waals surface area contributed by atoms with Crippen LogP contribution in [0.1, 0.15) is 37.0 Å². The highest BCUT2D eigenvalue weighted by molar-refractivity contribution is 7.09. The Labute approximate surface area is 147 Å². The standard InChI is InChI=1S/C18H25FN4S/c1-18(2,3)16-23-15(12-24-16)11-22-17(20-4)21-9-8-13-6-5-7-14(19)10-13/h5-7,10,12H,8-9,11H2,1-4H3,(H2,20,21,22). The molecule has 1 aromatic heterocycles. The fraction of sp³-hybridized carbons (Fsp3) is 0.444. The number of hydrogen-bond acceptors (Lipinski definition) is 3. The minimum absolute atomic E-state index is 0.0772. The fourth-order valence-electron chi connectivity index (χ4n) is 2.15. The average Bonchev–Trinajstić information content (AvgIpc) is 3.00. The monoisotopic (exact) mass is 348 g/mol. The highest BCUT2D eigenvalue weighted by atomic mass is 32.1. The molecule has 6 heteroatoms. The zero-order valence-electron chi connectivity index (χ0n) is 14.7. The van der Waals surface area contributed by atoms with Crippen LogP contribution in [-0.2, 0) is 18.4 Å². The molecule has 130 valence electrons. The molecular formula is C18H25FN4S. The number of benzene rings is 1. The van der Waals surface area contributed by atoms with Crippen LogP contribution in [0.15, 0.2) is 34.6 Å². The molecule has 1 heterocycles. The van der Waals surface area contributed by atoms with E-state index in [2.05, 4.69) is 46.8 Å². The van der Waals surface area contributed by atoms with Gasteiger partial charge >= 0.3 is 0 Å². The van der Waals surface area contributed by atoms with E-state index in [1.54, 1.807) is 30.5 Å². The molecule has 0 saturated heterocycles. The molecule has 0 aliphatic rings. The number of halogens is 1. The Morgan fingerprint density at radius 1 is 1.29 bits per heavy atom. The molecule has 4 nitrogen and oxygen atoms in total. The van der Waals surface area contributed by atoms with Gasteiger partial charge < -0.3 is 10.6 Å². The number of hydrogen-bond donors (Lipinski definition) is 2. The van der Waals surface area contributed by atoms with Crippen LogP contribution in [0.5, 0.6) is 0 Å². The van der Waals surface area contributed by atoms with Gasteiger partial charge in [0.1, 0.15) is 5.82 Å². The van der Waals surface area contributed by atoms with E-state index in [9.17, 15) is 4.39 Å². The Kier molecular flexibility index (Phi) is 6.31. The summed E-state index contributed by atoms with van der Waals surface area (Å²) in [5.74, 6) is 0.518. The number of aliphatic imine (C=N–C) groups is 1. The minimum atomic E-state index is -0.201. The van der Waals surface area contributed by atoms with Crippen LogP contribution in [-0.4, -0.2) is 24.5 Å². The third-order valence-corrected chi connectivity index (χ3v) is 4.77. The van der Waals surface area contributed by atoms with Gasteiger partial charge in [-0.15, -0.1) is 11.3 Å². The molecule has 0 unspecified atom stereocenters. The molecule has 0 aliphatic heterocycles. The van der Waals surface area contributed by atoms with E-state index >= 15 is 0 Å². The van der Waals surface area contributed by atoms with E-state index in [0.717, 1.165) is 28.6 Å². The molecule has 0 aliphatic carbocycles. The summed E-state index contributed by atoms with van der Waals surface area (Å²) in [6.07, 6.45) is 0.739. The molecule has 2 rings (SSSR count). The van der Waals surface area contributed by atoms with Crippen LogP contribution in [0.4, 0.5) is 4.39 Å². The van der Waals surface area contributed by atoms with Gasteiger partial charge in [0.2, 0.25) is 0 Å². The molecule has 0 saturated carbocycles. The maximum absolute atomic E-state index is 13.2. The maximum Gasteiger partial charge on any atom is 0.191 e. The zero-order valence-corrected chi connectivity index (χ0v) is 15.5. The van der Waals surface area contributed by atoms with Crippen molar-refractivity contribution in [3.63, 3.8) is 0 Å². The van der Waals surface area contributed by atoms with Crippen molar-refractivity contribution in [3.05, 3.63) is 51.7 Å². The van der Waals surface area contributed by atoms with Gasteiger partial charge in [-0.2, -0.15) is 0 Å². The van der Waals surface area contributed by atoms with Crippen molar-refractivity contribution in [2.75, 3.05) is 13.6 Å². The lowest BCUT2D eigenvalue weighted by atomic mass is 9.98. The normalized spacial score (nSPS) is 12.3. The number of nitrogens with zero attached hydrogens (tertiary/aromatic N) is 2. The summed E-state index contributed by atoms with van der Waals surface area (Å²) in [7, 11) is 1.74. The molecule has 0 radical (unpaired) electrons. The van der Waals surface area contributed by atoms with Crippen LogP contribution >= 0.6 is 11.3 Å². The smallest absolute Gasteiger partial charge is 0.191 e. The topological polar surface area (TPSA) is 49.3 Å². The third kappa shape index (κ3) is 5.60. The quantitative estimate of drug-likeness (QED) is 0.642. The van der Waals surface area contributed by atoms with Crippen LogP contribution in [0.2, 0.25) is 0 Å². The summed E-state index contributed by atoms with van der Waals surface area (Å²) in [5, 5.41) is 9.70. The summed E-state index contributed by atoms with van der Waals surface area (Å²) >= 11 is 1.69. The predicted molar refractivity (Wildman–Crippen MR) is 99.1 cm³/mol. The van der Waals surface area contributed by atoms with Gasteiger partial charge in [-0.1, -0.05) is 32.9 Å². The second-order valence-corrected chi connectivity index (χ2v) is 7.48. The first-order chi connectivity index (χ1) is 11.4. The van der Waals surface area contributed by atoms with E-state index in [1.807, 2.05) is 6.07 Å². The summed E-state index contributed by atoms with van der Waals surface area (Å²) in [6, 6.07) is 6.66.